The Balaban J connectivity index is 1.79. The monoisotopic (exact) mass is 419 g/mol. The molecule has 0 saturated carbocycles. The zero-order valence-electron chi connectivity index (χ0n) is 15.0. The molecule has 0 aromatic carbocycles. The summed E-state index contributed by atoms with van der Waals surface area (Å²) in [5.41, 5.74) is 1.67. The van der Waals surface area contributed by atoms with E-state index >= 15 is 0 Å². The minimum absolute atomic E-state index is 0.0611. The summed E-state index contributed by atoms with van der Waals surface area (Å²) < 4.78 is 32.5. The van der Waals surface area contributed by atoms with Gasteiger partial charge in [-0.25, -0.2) is 23.1 Å². The summed E-state index contributed by atoms with van der Waals surface area (Å²) in [6.45, 7) is 1.27. The number of carbonyl (C=O) groups is 1. The zero-order chi connectivity index (χ0) is 20.1. The van der Waals surface area contributed by atoms with E-state index in [4.69, 9.17) is 4.74 Å². The van der Waals surface area contributed by atoms with Gasteiger partial charge >= 0.3 is 0 Å². The van der Waals surface area contributed by atoms with E-state index in [0.29, 0.717) is 27.8 Å². The van der Waals surface area contributed by atoms with Gasteiger partial charge in [0, 0.05) is 25.3 Å². The summed E-state index contributed by atoms with van der Waals surface area (Å²) in [5, 5.41) is 2.85. The van der Waals surface area contributed by atoms with Crippen molar-refractivity contribution in [3.63, 3.8) is 0 Å². The van der Waals surface area contributed by atoms with Gasteiger partial charge < -0.3 is 10.1 Å². The highest BCUT2D eigenvalue weighted by molar-refractivity contribution is 7.91. The van der Waals surface area contributed by atoms with Gasteiger partial charge in [0.05, 0.1) is 36.9 Å². The number of sulfonamides is 1. The smallest absolute Gasteiger partial charge is 0.268 e. The van der Waals surface area contributed by atoms with Crippen LogP contribution in [0.4, 0.5) is 5.00 Å². The van der Waals surface area contributed by atoms with Crippen LogP contribution in [-0.2, 0) is 21.4 Å². The van der Waals surface area contributed by atoms with Crippen LogP contribution in [0, 0.1) is 0 Å². The van der Waals surface area contributed by atoms with Crippen LogP contribution in [0.3, 0.4) is 0 Å². The van der Waals surface area contributed by atoms with Crippen LogP contribution in [0.2, 0.25) is 0 Å². The number of aromatic nitrogens is 3. The average molecular weight is 419 g/mol. The summed E-state index contributed by atoms with van der Waals surface area (Å²) in [6, 6.07) is 8.79. The third-order valence-corrected chi connectivity index (χ3v) is 6.18. The molecule has 1 amide bonds. The van der Waals surface area contributed by atoms with Crippen molar-refractivity contribution in [2.45, 2.75) is 17.8 Å². The number of methoxy groups -OCH3 is 1. The van der Waals surface area contributed by atoms with E-state index in [0.717, 1.165) is 11.3 Å². The predicted octanol–water partition coefficient (Wildman–Crippen LogP) is 2.05. The number of thiazole rings is 1. The fourth-order valence-electron chi connectivity index (χ4n) is 2.26. The highest BCUT2D eigenvalue weighted by Gasteiger charge is 2.19. The Morgan fingerprint density at radius 1 is 1.21 bits per heavy atom. The lowest BCUT2D eigenvalue weighted by molar-refractivity contribution is -0.114. The molecule has 3 aromatic heterocycles. The lowest BCUT2D eigenvalue weighted by Gasteiger charge is -2.09. The van der Waals surface area contributed by atoms with Crippen molar-refractivity contribution >= 4 is 32.3 Å². The minimum Gasteiger partial charge on any atom is -0.497 e. The zero-order valence-corrected chi connectivity index (χ0v) is 16.7. The first-order chi connectivity index (χ1) is 13.4. The molecular weight excluding hydrogens is 402 g/mol. The summed E-state index contributed by atoms with van der Waals surface area (Å²) >= 11 is 0.862. The third-order valence-electron chi connectivity index (χ3n) is 3.47. The molecule has 28 heavy (non-hydrogen) atoms. The highest BCUT2D eigenvalue weighted by atomic mass is 32.2. The SMILES string of the molecule is COc1cc(CNS(=O)(=O)c2ncc(NC(C)=O)s2)nc(-c2ccccn2)c1. The van der Waals surface area contributed by atoms with E-state index in [9.17, 15) is 13.2 Å². The van der Waals surface area contributed by atoms with Crippen molar-refractivity contribution in [2.24, 2.45) is 0 Å². The van der Waals surface area contributed by atoms with Gasteiger partial charge in [0.1, 0.15) is 10.8 Å². The molecule has 3 heterocycles. The van der Waals surface area contributed by atoms with Crippen molar-refractivity contribution in [1.82, 2.24) is 19.7 Å². The molecule has 0 radical (unpaired) electrons. The molecule has 11 heteroatoms. The van der Waals surface area contributed by atoms with Crippen molar-refractivity contribution in [1.29, 1.82) is 0 Å². The molecule has 3 rings (SSSR count). The van der Waals surface area contributed by atoms with Gasteiger partial charge in [-0.2, -0.15) is 0 Å². The largest absolute Gasteiger partial charge is 0.497 e. The molecular formula is C17H17N5O4S2. The number of hydrogen-bond acceptors (Lipinski definition) is 8. The van der Waals surface area contributed by atoms with E-state index in [1.807, 2.05) is 6.07 Å². The van der Waals surface area contributed by atoms with Gasteiger partial charge in [-0.1, -0.05) is 17.4 Å². The lowest BCUT2D eigenvalue weighted by atomic mass is 10.2. The summed E-state index contributed by atoms with van der Waals surface area (Å²) in [4.78, 5) is 23.6. The van der Waals surface area contributed by atoms with Crippen molar-refractivity contribution < 1.29 is 17.9 Å². The maximum absolute atomic E-state index is 12.5. The molecule has 0 aliphatic heterocycles. The van der Waals surface area contributed by atoms with Gasteiger partial charge in [-0.05, 0) is 12.1 Å². The van der Waals surface area contributed by atoms with Crippen LogP contribution in [0.1, 0.15) is 12.6 Å². The predicted molar refractivity (Wildman–Crippen MR) is 104 cm³/mol. The second-order valence-corrected chi connectivity index (χ2v) is 8.57. The van der Waals surface area contributed by atoms with Crippen LogP contribution in [-0.4, -0.2) is 36.4 Å². The Kier molecular flexibility index (Phi) is 5.97. The number of hydrogen-bond donors (Lipinski definition) is 2. The standard InChI is InChI=1S/C17H17N5O4S2/c1-11(23)21-16-10-19-17(27-16)28(24,25)20-9-12-7-13(26-2)8-15(22-12)14-5-3-4-6-18-14/h3-8,10,20H,9H2,1-2H3,(H,21,23). The van der Waals surface area contributed by atoms with E-state index in [2.05, 4.69) is 25.0 Å². The van der Waals surface area contributed by atoms with Crippen LogP contribution < -0.4 is 14.8 Å². The Morgan fingerprint density at radius 3 is 2.71 bits per heavy atom. The highest BCUT2D eigenvalue weighted by Crippen LogP contribution is 2.24. The molecule has 0 unspecified atom stereocenters. The Morgan fingerprint density at radius 2 is 2.04 bits per heavy atom. The normalized spacial score (nSPS) is 11.2. The molecule has 9 nitrogen and oxygen atoms in total. The maximum atomic E-state index is 12.5. The van der Waals surface area contributed by atoms with Crippen molar-refractivity contribution in [3.8, 4) is 17.1 Å². The second-order valence-electron chi connectivity index (χ2n) is 5.59. The molecule has 0 fully saturated rings. The molecule has 0 atom stereocenters. The molecule has 0 spiro atoms. The Hall–Kier alpha value is -2.89. The molecule has 3 aromatic rings. The maximum Gasteiger partial charge on any atom is 0.268 e. The number of pyridine rings is 2. The lowest BCUT2D eigenvalue weighted by Crippen LogP contribution is -2.23. The fraction of sp³-hybridized carbons (Fsp3) is 0.176. The van der Waals surface area contributed by atoms with E-state index < -0.39 is 10.0 Å². The van der Waals surface area contributed by atoms with Gasteiger partial charge in [-0.15, -0.1) is 0 Å². The number of nitrogens with one attached hydrogen (secondary N) is 2. The van der Waals surface area contributed by atoms with Gasteiger partial charge in [0.25, 0.3) is 10.0 Å². The number of nitrogens with zero attached hydrogens (tertiary/aromatic N) is 3. The first kappa shape index (κ1) is 19.9. The average Bonchev–Trinajstić information content (AvgIpc) is 3.15. The second kappa shape index (κ2) is 8.42. The fourth-order valence-corrected chi connectivity index (χ4v) is 4.39. The van der Waals surface area contributed by atoms with Crippen LogP contribution >= 0.6 is 11.3 Å². The number of amides is 1. The van der Waals surface area contributed by atoms with E-state index in [-0.39, 0.29) is 16.8 Å². The molecule has 2 N–H and O–H groups in total. The van der Waals surface area contributed by atoms with Crippen molar-refractivity contribution in [3.05, 3.63) is 48.4 Å². The number of anilines is 1. The topological polar surface area (TPSA) is 123 Å². The van der Waals surface area contributed by atoms with E-state index in [1.54, 1.807) is 30.5 Å². The Labute approximate surface area is 165 Å². The summed E-state index contributed by atoms with van der Waals surface area (Å²) in [7, 11) is -2.34. The number of ether oxygens (including phenoxy) is 1. The minimum atomic E-state index is -3.86. The first-order valence-corrected chi connectivity index (χ1v) is 10.4. The quantitative estimate of drug-likeness (QED) is 0.601. The molecule has 0 aliphatic carbocycles. The van der Waals surface area contributed by atoms with Crippen LogP contribution in [0.15, 0.2) is 47.1 Å². The molecule has 0 saturated heterocycles. The van der Waals surface area contributed by atoms with Crippen molar-refractivity contribution in [2.75, 3.05) is 12.4 Å². The molecule has 0 bridgehead atoms. The summed E-state index contributed by atoms with van der Waals surface area (Å²) in [5.74, 6) is 0.232. The van der Waals surface area contributed by atoms with Gasteiger partial charge in [0.15, 0.2) is 0 Å². The molecule has 0 aliphatic rings. The number of carbonyl (C=O) groups excluding carboxylic acids is 1. The van der Waals surface area contributed by atoms with E-state index in [1.165, 1.54) is 20.2 Å². The first-order valence-electron chi connectivity index (χ1n) is 8.07. The van der Waals surface area contributed by atoms with Gasteiger partial charge in [-0.3, -0.25) is 9.78 Å². The number of rotatable bonds is 7. The Bertz CT molecular complexity index is 1080. The van der Waals surface area contributed by atoms with Crippen LogP contribution in [0.25, 0.3) is 11.4 Å². The molecule has 146 valence electrons. The van der Waals surface area contributed by atoms with Crippen LogP contribution in [0.5, 0.6) is 5.75 Å². The van der Waals surface area contributed by atoms with Gasteiger partial charge in [0.2, 0.25) is 10.2 Å². The summed E-state index contributed by atoms with van der Waals surface area (Å²) in [6.07, 6.45) is 2.94. The third kappa shape index (κ3) is 4.88.